The Hall–Kier alpha value is -2.38. The summed E-state index contributed by atoms with van der Waals surface area (Å²) < 4.78 is 27.4. The van der Waals surface area contributed by atoms with Crippen LogP contribution in [0, 0.1) is 11.6 Å². The average molecular weight is 389 g/mol. The van der Waals surface area contributed by atoms with Crippen LogP contribution in [0.2, 0.25) is 0 Å². The number of rotatable bonds is 7. The quantitative estimate of drug-likeness (QED) is 0.594. The van der Waals surface area contributed by atoms with Gasteiger partial charge in [-0.2, -0.15) is 0 Å². The minimum Gasteiger partial charge on any atom is -0.302 e. The number of halogens is 2. The highest BCUT2D eigenvalue weighted by Gasteiger charge is 2.22. The molecule has 27 heavy (non-hydrogen) atoms. The number of hydrogen-bond donors (Lipinski definition) is 0. The number of likely N-dealkylation sites (N-methyl/N-ethyl adjacent to an activating group) is 1. The number of benzene rings is 2. The first kappa shape index (κ1) is 19.4. The van der Waals surface area contributed by atoms with Crippen molar-refractivity contribution >= 4 is 32.6 Å². The predicted molar refractivity (Wildman–Crippen MR) is 105 cm³/mol. The Bertz CT molecular complexity index is 923. The molecule has 0 spiro atoms. The lowest BCUT2D eigenvalue weighted by molar-refractivity contribution is 0.0983. The maximum atomic E-state index is 13.5. The van der Waals surface area contributed by atoms with Crippen LogP contribution < -0.4 is 4.90 Å². The van der Waals surface area contributed by atoms with Crippen molar-refractivity contribution in [3.8, 4) is 0 Å². The van der Waals surface area contributed by atoms with E-state index in [-0.39, 0.29) is 11.7 Å². The van der Waals surface area contributed by atoms with Crippen molar-refractivity contribution in [1.29, 1.82) is 0 Å². The first-order valence-corrected chi connectivity index (χ1v) is 9.69. The summed E-state index contributed by atoms with van der Waals surface area (Å²) in [5.74, 6) is -0.976. The Labute approximate surface area is 161 Å². The van der Waals surface area contributed by atoms with E-state index in [4.69, 9.17) is 0 Å². The second-order valence-corrected chi connectivity index (χ2v) is 7.11. The number of amides is 1. The molecule has 0 atom stereocenters. The second kappa shape index (κ2) is 8.54. The SMILES string of the molecule is CCN(CC)CCN(C(=O)c1ccc(F)cc1)c1nc2ccc(F)cc2s1. The number of carbonyl (C=O) groups is 1. The number of nitrogens with zero attached hydrogens (tertiary/aromatic N) is 3. The summed E-state index contributed by atoms with van der Waals surface area (Å²) >= 11 is 1.27. The third-order valence-electron chi connectivity index (χ3n) is 4.44. The zero-order chi connectivity index (χ0) is 19.4. The molecule has 0 aliphatic heterocycles. The zero-order valence-electron chi connectivity index (χ0n) is 15.3. The largest absolute Gasteiger partial charge is 0.302 e. The van der Waals surface area contributed by atoms with Gasteiger partial charge in [0.25, 0.3) is 5.91 Å². The molecule has 0 aliphatic carbocycles. The van der Waals surface area contributed by atoms with Gasteiger partial charge in [-0.25, -0.2) is 13.8 Å². The van der Waals surface area contributed by atoms with Crippen LogP contribution >= 0.6 is 11.3 Å². The van der Waals surface area contributed by atoms with Crippen LogP contribution in [-0.4, -0.2) is 42.0 Å². The highest BCUT2D eigenvalue weighted by molar-refractivity contribution is 7.22. The summed E-state index contributed by atoms with van der Waals surface area (Å²) in [4.78, 5) is 21.4. The third kappa shape index (κ3) is 4.48. The van der Waals surface area contributed by atoms with Crippen molar-refractivity contribution < 1.29 is 13.6 Å². The second-order valence-electron chi connectivity index (χ2n) is 6.10. The number of fused-ring (bicyclic) bond motifs is 1. The molecule has 142 valence electrons. The summed E-state index contributed by atoms with van der Waals surface area (Å²) in [6.07, 6.45) is 0. The van der Waals surface area contributed by atoms with Gasteiger partial charge in [0.05, 0.1) is 10.2 Å². The van der Waals surface area contributed by atoms with E-state index >= 15 is 0 Å². The van der Waals surface area contributed by atoms with E-state index in [9.17, 15) is 13.6 Å². The van der Waals surface area contributed by atoms with Gasteiger partial charge >= 0.3 is 0 Å². The van der Waals surface area contributed by atoms with Crippen LogP contribution in [-0.2, 0) is 0 Å². The molecule has 0 radical (unpaired) electrons. The van der Waals surface area contributed by atoms with Gasteiger partial charge in [0, 0.05) is 18.7 Å². The Morgan fingerprint density at radius 2 is 1.67 bits per heavy atom. The molecule has 1 heterocycles. The van der Waals surface area contributed by atoms with E-state index < -0.39 is 5.82 Å². The number of anilines is 1. The number of aromatic nitrogens is 1. The van der Waals surface area contributed by atoms with Gasteiger partial charge in [0.1, 0.15) is 11.6 Å². The molecule has 1 amide bonds. The number of hydrogen-bond acceptors (Lipinski definition) is 4. The van der Waals surface area contributed by atoms with Crippen LogP contribution in [0.4, 0.5) is 13.9 Å². The van der Waals surface area contributed by atoms with Gasteiger partial charge in [-0.05, 0) is 55.6 Å². The molecule has 3 rings (SSSR count). The van der Waals surface area contributed by atoms with Gasteiger partial charge in [-0.3, -0.25) is 9.69 Å². The standard InChI is InChI=1S/C20H21F2N3OS/c1-3-24(4-2)11-12-25(19(26)14-5-7-15(21)8-6-14)20-23-17-10-9-16(22)13-18(17)27-20/h5-10,13H,3-4,11-12H2,1-2H3. The summed E-state index contributed by atoms with van der Waals surface area (Å²) in [6, 6.07) is 9.85. The van der Waals surface area contributed by atoms with E-state index in [1.165, 1.54) is 47.7 Å². The lowest BCUT2D eigenvalue weighted by atomic mass is 10.2. The predicted octanol–water partition coefficient (Wildman–Crippen LogP) is 4.56. The van der Waals surface area contributed by atoms with E-state index in [0.29, 0.717) is 34.0 Å². The lowest BCUT2D eigenvalue weighted by Crippen LogP contribution is -2.38. The first-order chi connectivity index (χ1) is 13.0. The van der Waals surface area contributed by atoms with Gasteiger partial charge in [0.2, 0.25) is 0 Å². The number of thiazole rings is 1. The van der Waals surface area contributed by atoms with Crippen LogP contribution in [0.25, 0.3) is 10.2 Å². The van der Waals surface area contributed by atoms with E-state index in [2.05, 4.69) is 23.7 Å². The van der Waals surface area contributed by atoms with Crippen LogP contribution in [0.5, 0.6) is 0 Å². The number of carbonyl (C=O) groups excluding carboxylic acids is 1. The fraction of sp³-hybridized carbons (Fsp3) is 0.300. The molecular formula is C20H21F2N3OS. The maximum Gasteiger partial charge on any atom is 0.260 e. The van der Waals surface area contributed by atoms with E-state index in [1.54, 1.807) is 11.0 Å². The molecule has 2 aromatic carbocycles. The summed E-state index contributed by atoms with van der Waals surface area (Å²) in [5, 5.41) is 0.511. The highest BCUT2D eigenvalue weighted by atomic mass is 32.1. The van der Waals surface area contributed by atoms with Gasteiger partial charge < -0.3 is 4.90 Å². The van der Waals surface area contributed by atoms with Crippen molar-refractivity contribution in [1.82, 2.24) is 9.88 Å². The molecule has 0 unspecified atom stereocenters. The molecule has 0 N–H and O–H groups in total. The van der Waals surface area contributed by atoms with Crippen molar-refractivity contribution in [2.24, 2.45) is 0 Å². The monoisotopic (exact) mass is 389 g/mol. The van der Waals surface area contributed by atoms with Crippen LogP contribution in [0.1, 0.15) is 24.2 Å². The maximum absolute atomic E-state index is 13.5. The van der Waals surface area contributed by atoms with Crippen molar-refractivity contribution in [3.05, 3.63) is 59.7 Å². The van der Waals surface area contributed by atoms with Crippen molar-refractivity contribution in [2.45, 2.75) is 13.8 Å². The fourth-order valence-corrected chi connectivity index (χ4v) is 3.83. The topological polar surface area (TPSA) is 36.4 Å². The Kier molecular flexibility index (Phi) is 6.13. The van der Waals surface area contributed by atoms with Crippen LogP contribution in [0.3, 0.4) is 0 Å². The molecule has 4 nitrogen and oxygen atoms in total. The Morgan fingerprint density at radius 1 is 1.00 bits per heavy atom. The average Bonchev–Trinajstić information content (AvgIpc) is 3.08. The molecular weight excluding hydrogens is 368 g/mol. The summed E-state index contributed by atoms with van der Waals surface area (Å²) in [6.45, 7) is 7.01. The van der Waals surface area contributed by atoms with E-state index in [0.717, 1.165) is 13.1 Å². The Balaban J connectivity index is 1.94. The molecule has 1 aromatic heterocycles. The van der Waals surface area contributed by atoms with Gasteiger partial charge in [0.15, 0.2) is 5.13 Å². The van der Waals surface area contributed by atoms with Gasteiger partial charge in [-0.15, -0.1) is 0 Å². The fourth-order valence-electron chi connectivity index (χ4n) is 2.82. The highest BCUT2D eigenvalue weighted by Crippen LogP contribution is 2.30. The molecule has 0 saturated heterocycles. The molecule has 0 aliphatic rings. The van der Waals surface area contributed by atoms with E-state index in [1.807, 2.05) is 0 Å². The minimum absolute atomic E-state index is 0.248. The first-order valence-electron chi connectivity index (χ1n) is 8.87. The summed E-state index contributed by atoms with van der Waals surface area (Å²) in [7, 11) is 0. The molecule has 0 bridgehead atoms. The normalized spacial score (nSPS) is 11.3. The van der Waals surface area contributed by atoms with Crippen molar-refractivity contribution in [2.75, 3.05) is 31.1 Å². The molecule has 7 heteroatoms. The minimum atomic E-state index is -0.392. The zero-order valence-corrected chi connectivity index (χ0v) is 16.1. The van der Waals surface area contributed by atoms with Crippen LogP contribution in [0.15, 0.2) is 42.5 Å². The Morgan fingerprint density at radius 3 is 2.33 bits per heavy atom. The smallest absolute Gasteiger partial charge is 0.260 e. The van der Waals surface area contributed by atoms with Crippen molar-refractivity contribution in [3.63, 3.8) is 0 Å². The molecule has 3 aromatic rings. The molecule has 0 saturated carbocycles. The molecule has 0 fully saturated rings. The lowest BCUT2D eigenvalue weighted by Gasteiger charge is -2.24. The summed E-state index contributed by atoms with van der Waals surface area (Å²) in [5.41, 5.74) is 1.04. The van der Waals surface area contributed by atoms with Gasteiger partial charge in [-0.1, -0.05) is 25.2 Å². The third-order valence-corrected chi connectivity index (χ3v) is 5.48.